The van der Waals surface area contributed by atoms with Crippen molar-refractivity contribution in [1.29, 1.82) is 0 Å². The first-order valence-electron chi connectivity index (χ1n) is 8.97. The second-order valence-corrected chi connectivity index (χ2v) is 6.66. The summed E-state index contributed by atoms with van der Waals surface area (Å²) < 4.78 is 46.1. The average Bonchev–Trinajstić information content (AvgIpc) is 2.80. The summed E-state index contributed by atoms with van der Waals surface area (Å²) in [6.45, 7) is 10.1. The second kappa shape index (κ2) is 8.25. The van der Waals surface area contributed by atoms with E-state index in [1.807, 2.05) is 6.92 Å². The predicted molar refractivity (Wildman–Crippen MR) is 97.3 cm³/mol. The molecule has 0 radical (unpaired) electrons. The zero-order chi connectivity index (χ0) is 19.5. The lowest BCUT2D eigenvalue weighted by molar-refractivity contribution is -0.0292. The zero-order valence-corrected chi connectivity index (χ0v) is 15.6. The van der Waals surface area contributed by atoms with Crippen molar-refractivity contribution >= 4 is 5.57 Å². The number of halogens is 3. The van der Waals surface area contributed by atoms with Crippen LogP contribution in [0.25, 0.3) is 5.57 Å². The number of hydrogen-bond acceptors (Lipinski definition) is 3. The monoisotopic (exact) mass is 369 g/mol. The smallest absolute Gasteiger partial charge is 0.336 e. The first-order chi connectivity index (χ1) is 12.2. The Balaban J connectivity index is 2.70. The van der Waals surface area contributed by atoms with E-state index >= 15 is 0 Å². The molecular formula is C20H26F3NO2. The number of likely N-dealkylation sites (tertiary alicyclic amines) is 1. The Bertz CT molecular complexity index is 765. The van der Waals surface area contributed by atoms with Crippen LogP contribution in [0.2, 0.25) is 0 Å². The zero-order valence-electron chi connectivity index (χ0n) is 15.6. The molecule has 0 saturated carbocycles. The number of rotatable bonds is 5. The minimum Gasteiger partial charge on any atom is -0.423 e. The van der Waals surface area contributed by atoms with Crippen molar-refractivity contribution in [3.05, 3.63) is 51.1 Å². The van der Waals surface area contributed by atoms with Crippen molar-refractivity contribution in [2.75, 3.05) is 26.3 Å². The first kappa shape index (κ1) is 20.5. The molecule has 144 valence electrons. The molecule has 0 aromatic carbocycles. The van der Waals surface area contributed by atoms with Crippen molar-refractivity contribution in [3.8, 4) is 0 Å². The van der Waals surface area contributed by atoms with Gasteiger partial charge in [0.05, 0.1) is 0 Å². The fourth-order valence-corrected chi connectivity index (χ4v) is 3.47. The lowest BCUT2D eigenvalue weighted by Crippen LogP contribution is -2.26. The summed E-state index contributed by atoms with van der Waals surface area (Å²) >= 11 is 0. The quantitative estimate of drug-likeness (QED) is 0.744. The van der Waals surface area contributed by atoms with Crippen molar-refractivity contribution in [2.24, 2.45) is 0 Å². The summed E-state index contributed by atoms with van der Waals surface area (Å²) in [5.74, 6) is -3.59. The van der Waals surface area contributed by atoms with Crippen molar-refractivity contribution < 1.29 is 17.6 Å². The Labute approximate surface area is 152 Å². The topological polar surface area (TPSA) is 33.5 Å². The fraction of sp³-hybridized carbons (Fsp3) is 0.550. The van der Waals surface area contributed by atoms with Crippen LogP contribution in [-0.4, -0.2) is 31.2 Å². The molecule has 0 amide bonds. The minimum atomic E-state index is -3.71. The molecule has 1 aliphatic heterocycles. The number of nitrogens with zero attached hydrogens (tertiary/aromatic N) is 1. The third kappa shape index (κ3) is 4.11. The average molecular weight is 369 g/mol. The van der Waals surface area contributed by atoms with Gasteiger partial charge in [0, 0.05) is 23.7 Å². The lowest BCUT2D eigenvalue weighted by atomic mass is 9.91. The highest BCUT2D eigenvalue weighted by atomic mass is 19.3. The molecule has 1 aromatic rings. The van der Waals surface area contributed by atoms with Gasteiger partial charge in [0.1, 0.15) is 5.76 Å². The van der Waals surface area contributed by atoms with Crippen LogP contribution < -0.4 is 5.63 Å². The Morgan fingerprint density at radius 2 is 2.08 bits per heavy atom. The van der Waals surface area contributed by atoms with Crippen LogP contribution in [0.3, 0.4) is 0 Å². The van der Waals surface area contributed by atoms with Crippen LogP contribution in [0.15, 0.2) is 33.0 Å². The van der Waals surface area contributed by atoms with E-state index in [1.54, 1.807) is 0 Å². The molecule has 0 N–H and O–H groups in total. The summed E-state index contributed by atoms with van der Waals surface area (Å²) in [4.78, 5) is 14.2. The van der Waals surface area contributed by atoms with E-state index in [9.17, 15) is 18.0 Å². The van der Waals surface area contributed by atoms with Gasteiger partial charge >= 0.3 is 11.5 Å². The summed E-state index contributed by atoms with van der Waals surface area (Å²) in [7, 11) is 0. The van der Waals surface area contributed by atoms with E-state index in [1.165, 1.54) is 6.92 Å². The summed E-state index contributed by atoms with van der Waals surface area (Å²) in [6, 6.07) is 0.691. The minimum absolute atomic E-state index is 0.108. The number of allylic oxidation sites excluding steroid dienone is 1. The van der Waals surface area contributed by atoms with Gasteiger partial charge < -0.3 is 4.42 Å². The van der Waals surface area contributed by atoms with Crippen LogP contribution in [0.1, 0.15) is 50.0 Å². The van der Waals surface area contributed by atoms with Gasteiger partial charge in [-0.3, -0.25) is 4.90 Å². The molecule has 0 atom stereocenters. The van der Waals surface area contributed by atoms with Crippen molar-refractivity contribution in [3.63, 3.8) is 0 Å². The van der Waals surface area contributed by atoms with Gasteiger partial charge in [0.2, 0.25) is 0 Å². The summed E-state index contributed by atoms with van der Waals surface area (Å²) in [6.07, 6.45) is 2.27. The highest BCUT2D eigenvalue weighted by Gasteiger charge is 2.36. The van der Waals surface area contributed by atoms with Gasteiger partial charge in [-0.05, 0) is 50.4 Å². The Hall–Kier alpha value is -1.82. The Morgan fingerprint density at radius 3 is 2.65 bits per heavy atom. The largest absolute Gasteiger partial charge is 0.423 e. The number of alkyl halides is 3. The Morgan fingerprint density at radius 1 is 1.38 bits per heavy atom. The van der Waals surface area contributed by atoms with E-state index in [0.29, 0.717) is 24.6 Å². The molecule has 0 aliphatic carbocycles. The van der Waals surface area contributed by atoms with Gasteiger partial charge in [0.15, 0.2) is 6.67 Å². The molecule has 2 rings (SSSR count). The normalized spacial score (nSPS) is 18.8. The maximum absolute atomic E-state index is 14.0. The molecule has 2 heterocycles. The van der Waals surface area contributed by atoms with Crippen LogP contribution in [0.5, 0.6) is 0 Å². The molecule has 0 unspecified atom stereocenters. The van der Waals surface area contributed by atoms with E-state index < -0.39 is 23.8 Å². The lowest BCUT2D eigenvalue weighted by Gasteiger charge is -2.22. The van der Waals surface area contributed by atoms with Crippen molar-refractivity contribution in [2.45, 2.75) is 46.0 Å². The van der Waals surface area contributed by atoms with E-state index in [2.05, 4.69) is 18.4 Å². The van der Waals surface area contributed by atoms with E-state index in [4.69, 9.17) is 4.42 Å². The van der Waals surface area contributed by atoms with E-state index in [-0.39, 0.29) is 11.3 Å². The standard InChI is InChI=1S/C20H26F3NO2/c1-5-15(16-11-24(6-2)9-7-8-13(16)3)19-14(4)17(10-18(25)26-19)20(22,23)12-21/h10H,3,5-9,11-12H2,1-2,4H3/b16-15-. The molecule has 1 saturated heterocycles. The van der Waals surface area contributed by atoms with Gasteiger partial charge in [-0.2, -0.15) is 8.78 Å². The summed E-state index contributed by atoms with van der Waals surface area (Å²) in [5, 5.41) is 0. The molecule has 3 nitrogen and oxygen atoms in total. The molecule has 6 heteroatoms. The number of hydrogen-bond donors (Lipinski definition) is 0. The van der Waals surface area contributed by atoms with Gasteiger partial charge in [-0.25, -0.2) is 9.18 Å². The van der Waals surface area contributed by atoms with Crippen LogP contribution in [0, 0.1) is 6.92 Å². The molecular weight excluding hydrogens is 343 g/mol. The SMILES string of the molecule is C=C1CCCN(CC)C/C1=C(\CC)c1oc(=O)cc(C(F)(F)CF)c1C. The van der Waals surface area contributed by atoms with Gasteiger partial charge in [-0.1, -0.05) is 26.0 Å². The fourth-order valence-electron chi connectivity index (χ4n) is 3.47. The number of likely N-dealkylation sites (N-methyl/N-ethyl adjacent to an activating group) is 1. The maximum atomic E-state index is 14.0. The van der Waals surface area contributed by atoms with Gasteiger partial charge in [0.25, 0.3) is 0 Å². The third-order valence-electron chi connectivity index (χ3n) is 4.97. The highest BCUT2D eigenvalue weighted by molar-refractivity contribution is 5.72. The summed E-state index contributed by atoms with van der Waals surface area (Å²) in [5.41, 5.74) is 1.16. The predicted octanol–water partition coefficient (Wildman–Crippen LogP) is 4.85. The third-order valence-corrected chi connectivity index (χ3v) is 4.97. The van der Waals surface area contributed by atoms with Crippen LogP contribution in [-0.2, 0) is 5.92 Å². The molecule has 26 heavy (non-hydrogen) atoms. The highest BCUT2D eigenvalue weighted by Crippen LogP contribution is 2.36. The molecule has 1 aromatic heterocycles. The van der Waals surface area contributed by atoms with Crippen LogP contribution >= 0.6 is 0 Å². The molecule has 1 aliphatic rings. The maximum Gasteiger partial charge on any atom is 0.336 e. The van der Waals surface area contributed by atoms with E-state index in [0.717, 1.165) is 37.1 Å². The van der Waals surface area contributed by atoms with Gasteiger partial charge in [-0.15, -0.1) is 0 Å². The molecule has 1 fully saturated rings. The first-order valence-corrected chi connectivity index (χ1v) is 8.97. The second-order valence-electron chi connectivity index (χ2n) is 6.66. The van der Waals surface area contributed by atoms with Crippen molar-refractivity contribution in [1.82, 2.24) is 4.90 Å². The molecule has 0 spiro atoms. The Kier molecular flexibility index (Phi) is 6.50. The van der Waals surface area contributed by atoms with Crippen LogP contribution in [0.4, 0.5) is 13.2 Å². The molecule has 0 bridgehead atoms.